The third-order valence-electron chi connectivity index (χ3n) is 3.55. The molecule has 1 amide bonds. The molecule has 0 fully saturated rings. The summed E-state index contributed by atoms with van der Waals surface area (Å²) < 4.78 is 2.20. The van der Waals surface area contributed by atoms with Crippen LogP contribution in [0.25, 0.3) is 0 Å². The van der Waals surface area contributed by atoms with Gasteiger partial charge in [-0.15, -0.1) is 21.5 Å². The molecule has 6 nitrogen and oxygen atoms in total. The smallest absolute Gasteiger partial charge is 0.249 e. The van der Waals surface area contributed by atoms with E-state index in [1.54, 1.807) is 5.38 Å². The van der Waals surface area contributed by atoms with Gasteiger partial charge < -0.3 is 15.6 Å². The number of carbonyl (C=O) groups excluding carboxylic acids is 1. The minimum Gasteiger partial charge on any atom is -0.366 e. The molecule has 2 aromatic rings. The number of carbonyl (C=O) groups is 1. The van der Waals surface area contributed by atoms with Crippen LogP contribution in [0.4, 0.5) is 0 Å². The zero-order valence-corrected chi connectivity index (χ0v) is 12.1. The number of nitrogens with zero attached hydrogens (tertiary/aromatic N) is 3. The predicted octanol–water partition coefficient (Wildman–Crippen LogP) is 1.24. The van der Waals surface area contributed by atoms with Crippen LogP contribution in [0.15, 0.2) is 11.4 Å². The minimum atomic E-state index is -0.379. The minimum absolute atomic E-state index is 0.133. The van der Waals surface area contributed by atoms with Crippen LogP contribution in [0.3, 0.4) is 0 Å². The van der Waals surface area contributed by atoms with Gasteiger partial charge in [0.25, 0.3) is 0 Å². The van der Waals surface area contributed by atoms with Crippen molar-refractivity contribution in [2.24, 2.45) is 5.73 Å². The fraction of sp³-hybridized carbons (Fsp3) is 0.462. The summed E-state index contributed by atoms with van der Waals surface area (Å²) in [6, 6.07) is 1.97. The summed E-state index contributed by atoms with van der Waals surface area (Å²) in [5.41, 5.74) is 5.82. The quantitative estimate of drug-likeness (QED) is 0.867. The van der Waals surface area contributed by atoms with Gasteiger partial charge in [0.2, 0.25) is 5.91 Å². The lowest BCUT2D eigenvalue weighted by Crippen LogP contribution is -2.21. The van der Waals surface area contributed by atoms with Gasteiger partial charge in [0.05, 0.1) is 11.6 Å². The Kier molecular flexibility index (Phi) is 3.54. The molecule has 0 spiro atoms. The number of fused-ring (bicyclic) bond motifs is 1. The van der Waals surface area contributed by atoms with Crippen LogP contribution < -0.4 is 11.1 Å². The van der Waals surface area contributed by atoms with Crippen molar-refractivity contribution in [3.05, 3.63) is 33.5 Å². The van der Waals surface area contributed by atoms with Crippen LogP contribution >= 0.6 is 11.3 Å². The van der Waals surface area contributed by atoms with Crippen LogP contribution in [0.5, 0.6) is 0 Å². The number of hydrogen-bond donors (Lipinski definition) is 2. The van der Waals surface area contributed by atoms with Crippen LogP contribution in [-0.4, -0.2) is 20.7 Å². The Balaban J connectivity index is 1.64. The van der Waals surface area contributed by atoms with E-state index in [1.165, 1.54) is 11.3 Å². The van der Waals surface area contributed by atoms with Gasteiger partial charge in [-0.3, -0.25) is 4.79 Å². The molecule has 2 aromatic heterocycles. The Morgan fingerprint density at radius 2 is 2.45 bits per heavy atom. The van der Waals surface area contributed by atoms with Crippen molar-refractivity contribution in [1.29, 1.82) is 0 Å². The highest BCUT2D eigenvalue weighted by molar-refractivity contribution is 7.10. The molecular formula is C13H17N5OS. The Morgan fingerprint density at radius 3 is 3.20 bits per heavy atom. The third kappa shape index (κ3) is 2.46. The molecule has 1 unspecified atom stereocenters. The molecule has 1 aliphatic heterocycles. The van der Waals surface area contributed by atoms with E-state index in [-0.39, 0.29) is 11.9 Å². The Hall–Kier alpha value is -1.73. The van der Waals surface area contributed by atoms with E-state index >= 15 is 0 Å². The fourth-order valence-electron chi connectivity index (χ4n) is 2.44. The summed E-state index contributed by atoms with van der Waals surface area (Å²) >= 11 is 1.54. The SMILES string of the molecule is CC(NCc1cc(C(N)=O)cs1)c1nnc2n1CCC2. The first-order valence-electron chi connectivity index (χ1n) is 6.67. The fourth-order valence-corrected chi connectivity index (χ4v) is 3.27. The average molecular weight is 291 g/mol. The van der Waals surface area contributed by atoms with Gasteiger partial charge >= 0.3 is 0 Å². The zero-order chi connectivity index (χ0) is 14.1. The topological polar surface area (TPSA) is 85.8 Å². The van der Waals surface area contributed by atoms with E-state index in [0.717, 1.165) is 35.9 Å². The first-order chi connectivity index (χ1) is 9.65. The van der Waals surface area contributed by atoms with Crippen LogP contribution in [0.1, 0.15) is 46.3 Å². The Bertz CT molecular complexity index is 632. The molecule has 0 saturated heterocycles. The monoisotopic (exact) mass is 291 g/mol. The standard InChI is InChI=1S/C13H17N5OS/c1-8(13-17-16-11-3-2-4-18(11)13)15-6-10-5-9(7-20-10)12(14)19/h5,7-8,15H,2-4,6H2,1H3,(H2,14,19). The summed E-state index contributed by atoms with van der Waals surface area (Å²) in [6.07, 6.45) is 2.17. The number of amides is 1. The second kappa shape index (κ2) is 5.34. The van der Waals surface area contributed by atoms with E-state index < -0.39 is 0 Å². The zero-order valence-electron chi connectivity index (χ0n) is 11.3. The first kappa shape index (κ1) is 13.3. The number of primary amides is 1. The van der Waals surface area contributed by atoms with Crippen LogP contribution in [0, 0.1) is 0 Å². The number of aromatic nitrogens is 3. The Labute approximate surface area is 121 Å². The van der Waals surface area contributed by atoms with Gasteiger partial charge in [-0.25, -0.2) is 0 Å². The maximum atomic E-state index is 11.1. The summed E-state index contributed by atoms with van der Waals surface area (Å²) in [7, 11) is 0. The highest BCUT2D eigenvalue weighted by Gasteiger charge is 2.21. The van der Waals surface area contributed by atoms with Crippen molar-refractivity contribution in [2.75, 3.05) is 0 Å². The molecular weight excluding hydrogens is 274 g/mol. The van der Waals surface area contributed by atoms with Gasteiger partial charge in [0, 0.05) is 29.8 Å². The van der Waals surface area contributed by atoms with Crippen molar-refractivity contribution in [3.8, 4) is 0 Å². The molecule has 3 heterocycles. The number of hydrogen-bond acceptors (Lipinski definition) is 5. The third-order valence-corrected chi connectivity index (χ3v) is 4.48. The molecule has 7 heteroatoms. The molecule has 106 valence electrons. The molecule has 0 saturated carbocycles. The van der Waals surface area contributed by atoms with E-state index in [0.29, 0.717) is 12.1 Å². The second-order valence-electron chi connectivity index (χ2n) is 5.00. The van der Waals surface area contributed by atoms with Crippen LogP contribution in [-0.2, 0) is 19.5 Å². The molecule has 20 heavy (non-hydrogen) atoms. The lowest BCUT2D eigenvalue weighted by Gasteiger charge is -2.13. The average Bonchev–Trinajstić information content (AvgIpc) is 3.11. The van der Waals surface area contributed by atoms with Gasteiger partial charge in [0.1, 0.15) is 11.6 Å². The maximum Gasteiger partial charge on any atom is 0.249 e. The Morgan fingerprint density at radius 1 is 1.60 bits per heavy atom. The molecule has 3 N–H and O–H groups in total. The van der Waals surface area contributed by atoms with E-state index in [4.69, 9.17) is 5.73 Å². The predicted molar refractivity (Wildman–Crippen MR) is 76.4 cm³/mol. The number of nitrogens with one attached hydrogen (secondary N) is 1. The molecule has 3 rings (SSSR count). The second-order valence-corrected chi connectivity index (χ2v) is 5.99. The molecule has 1 atom stereocenters. The van der Waals surface area contributed by atoms with Crippen LogP contribution in [0.2, 0.25) is 0 Å². The normalized spacial score (nSPS) is 15.2. The maximum absolute atomic E-state index is 11.1. The lowest BCUT2D eigenvalue weighted by molar-refractivity contribution is 0.100. The van der Waals surface area contributed by atoms with E-state index in [9.17, 15) is 4.79 Å². The van der Waals surface area contributed by atoms with E-state index in [2.05, 4.69) is 27.0 Å². The summed E-state index contributed by atoms with van der Waals surface area (Å²) in [6.45, 7) is 3.79. The number of aryl methyl sites for hydroxylation is 1. The van der Waals surface area contributed by atoms with Crippen molar-refractivity contribution >= 4 is 17.2 Å². The molecule has 1 aliphatic rings. The van der Waals surface area contributed by atoms with Gasteiger partial charge in [-0.05, 0) is 19.4 Å². The van der Waals surface area contributed by atoms with Crippen molar-refractivity contribution in [2.45, 2.75) is 38.9 Å². The molecule has 0 radical (unpaired) electrons. The summed E-state index contributed by atoms with van der Waals surface area (Å²) in [5, 5.41) is 13.7. The van der Waals surface area contributed by atoms with Crippen molar-refractivity contribution in [3.63, 3.8) is 0 Å². The highest BCUT2D eigenvalue weighted by Crippen LogP contribution is 2.20. The molecule has 0 bridgehead atoms. The number of rotatable bonds is 5. The highest BCUT2D eigenvalue weighted by atomic mass is 32.1. The number of thiophene rings is 1. The van der Waals surface area contributed by atoms with Gasteiger partial charge in [-0.1, -0.05) is 0 Å². The molecule has 0 aliphatic carbocycles. The number of nitrogens with two attached hydrogens (primary N) is 1. The van der Waals surface area contributed by atoms with Crippen molar-refractivity contribution in [1.82, 2.24) is 20.1 Å². The largest absolute Gasteiger partial charge is 0.366 e. The van der Waals surface area contributed by atoms with Gasteiger partial charge in [0.15, 0.2) is 0 Å². The van der Waals surface area contributed by atoms with Crippen molar-refractivity contribution < 1.29 is 4.79 Å². The lowest BCUT2D eigenvalue weighted by atomic mass is 10.2. The van der Waals surface area contributed by atoms with E-state index in [1.807, 2.05) is 6.07 Å². The summed E-state index contributed by atoms with van der Waals surface area (Å²) in [4.78, 5) is 12.1. The summed E-state index contributed by atoms with van der Waals surface area (Å²) in [5.74, 6) is 1.70. The van der Waals surface area contributed by atoms with Gasteiger partial charge in [-0.2, -0.15) is 0 Å². The first-order valence-corrected chi connectivity index (χ1v) is 7.55. The molecule has 0 aromatic carbocycles.